The fraction of sp³-hybridized carbons (Fsp3) is 0.125. The number of carboxylic acid groups (broad SMARTS) is 2. The molecule has 0 fully saturated rings. The van der Waals surface area contributed by atoms with Gasteiger partial charge in [-0.3, -0.25) is 9.59 Å². The van der Waals surface area contributed by atoms with Crippen LogP contribution in [0, 0.1) is 0 Å². The van der Waals surface area contributed by atoms with Crippen LogP contribution in [0.3, 0.4) is 0 Å². The number of amides is 1. The van der Waals surface area contributed by atoms with Crippen molar-refractivity contribution in [1.82, 2.24) is 5.32 Å². The predicted molar refractivity (Wildman–Crippen MR) is 111 cm³/mol. The lowest BCUT2D eigenvalue weighted by Gasteiger charge is -2.35. The Labute approximate surface area is 173 Å². The molecule has 3 N–H and O–H groups in total. The van der Waals surface area contributed by atoms with Crippen LogP contribution in [0.2, 0.25) is 0 Å². The van der Waals surface area contributed by atoms with Crippen molar-refractivity contribution in [2.75, 3.05) is 0 Å². The second-order valence-corrected chi connectivity index (χ2v) is 6.81. The van der Waals surface area contributed by atoms with E-state index >= 15 is 0 Å². The first kappa shape index (κ1) is 20.8. The molecule has 0 unspecified atom stereocenters. The number of carbonyl (C=O) groups is 3. The van der Waals surface area contributed by atoms with Crippen LogP contribution in [0.4, 0.5) is 0 Å². The zero-order chi connectivity index (χ0) is 21.6. The number of nitrogens with one attached hydrogen (secondary N) is 1. The summed E-state index contributed by atoms with van der Waals surface area (Å²) in [4.78, 5) is 36.6. The number of carbonyl (C=O) groups excluding carboxylic acids is 1. The van der Waals surface area contributed by atoms with E-state index in [-0.39, 0.29) is 0 Å². The van der Waals surface area contributed by atoms with Gasteiger partial charge in [0.25, 0.3) is 0 Å². The average molecular weight is 403 g/mol. The Morgan fingerprint density at radius 2 is 1.07 bits per heavy atom. The second-order valence-electron chi connectivity index (χ2n) is 6.81. The highest BCUT2D eigenvalue weighted by molar-refractivity contribution is 5.98. The van der Waals surface area contributed by atoms with Gasteiger partial charge >= 0.3 is 11.9 Å². The fourth-order valence-corrected chi connectivity index (χ4v) is 3.60. The average Bonchev–Trinajstić information content (AvgIpc) is 2.76. The molecule has 3 aromatic carbocycles. The van der Waals surface area contributed by atoms with Gasteiger partial charge < -0.3 is 15.5 Å². The van der Waals surface area contributed by atoms with E-state index in [1.807, 2.05) is 18.2 Å². The van der Waals surface area contributed by atoms with Crippen LogP contribution in [0.1, 0.15) is 23.1 Å². The SMILES string of the molecule is O=C(O)C[C@H](NC(=O)C(c1ccccc1)(c1ccccc1)c1ccccc1)C(=O)O. The minimum atomic E-state index is -1.56. The Hall–Kier alpha value is -3.93. The quantitative estimate of drug-likeness (QED) is 0.502. The van der Waals surface area contributed by atoms with Gasteiger partial charge in [-0.15, -0.1) is 0 Å². The lowest BCUT2D eigenvalue weighted by atomic mass is 9.68. The minimum absolute atomic E-state index is 0.611. The number of rotatable bonds is 8. The van der Waals surface area contributed by atoms with E-state index in [4.69, 9.17) is 5.11 Å². The summed E-state index contributed by atoms with van der Waals surface area (Å²) in [6.45, 7) is 0. The van der Waals surface area contributed by atoms with Gasteiger partial charge in [-0.2, -0.15) is 0 Å². The lowest BCUT2D eigenvalue weighted by Crippen LogP contribution is -2.52. The van der Waals surface area contributed by atoms with Crippen LogP contribution in [-0.4, -0.2) is 34.1 Å². The van der Waals surface area contributed by atoms with Crippen molar-refractivity contribution in [3.63, 3.8) is 0 Å². The maximum Gasteiger partial charge on any atom is 0.326 e. The molecule has 0 heterocycles. The third-order valence-corrected chi connectivity index (χ3v) is 4.94. The minimum Gasteiger partial charge on any atom is -0.481 e. The molecular formula is C24H21NO5. The van der Waals surface area contributed by atoms with Gasteiger partial charge in [-0.25, -0.2) is 4.79 Å². The topological polar surface area (TPSA) is 104 Å². The summed E-state index contributed by atoms with van der Waals surface area (Å²) in [5.41, 5.74) is 0.550. The van der Waals surface area contributed by atoms with E-state index in [1.165, 1.54) is 0 Å². The molecule has 6 nitrogen and oxygen atoms in total. The van der Waals surface area contributed by atoms with Gasteiger partial charge in [0, 0.05) is 0 Å². The molecule has 0 aliphatic carbocycles. The smallest absolute Gasteiger partial charge is 0.326 e. The number of hydrogen-bond donors (Lipinski definition) is 3. The largest absolute Gasteiger partial charge is 0.481 e. The first-order chi connectivity index (χ1) is 14.5. The molecule has 0 saturated carbocycles. The zero-order valence-corrected chi connectivity index (χ0v) is 16.1. The van der Waals surface area contributed by atoms with Gasteiger partial charge in [-0.1, -0.05) is 91.0 Å². The van der Waals surface area contributed by atoms with Crippen LogP contribution < -0.4 is 5.32 Å². The summed E-state index contributed by atoms with van der Waals surface area (Å²) < 4.78 is 0. The highest BCUT2D eigenvalue weighted by atomic mass is 16.4. The molecule has 0 radical (unpaired) electrons. The van der Waals surface area contributed by atoms with Crippen LogP contribution in [0.15, 0.2) is 91.0 Å². The molecule has 1 amide bonds. The van der Waals surface area contributed by atoms with Gasteiger partial charge in [0.05, 0.1) is 6.42 Å². The normalized spacial score (nSPS) is 12.0. The molecule has 0 aliphatic heterocycles. The molecular weight excluding hydrogens is 382 g/mol. The van der Waals surface area contributed by atoms with E-state index in [0.29, 0.717) is 16.7 Å². The molecule has 3 rings (SSSR count). The molecule has 0 spiro atoms. The van der Waals surface area contributed by atoms with E-state index in [2.05, 4.69) is 5.32 Å². The van der Waals surface area contributed by atoms with E-state index in [9.17, 15) is 19.5 Å². The van der Waals surface area contributed by atoms with Gasteiger partial charge in [0.1, 0.15) is 11.5 Å². The van der Waals surface area contributed by atoms with Crippen molar-refractivity contribution >= 4 is 17.8 Å². The fourth-order valence-electron chi connectivity index (χ4n) is 3.60. The van der Waals surface area contributed by atoms with Crippen LogP contribution in [-0.2, 0) is 19.8 Å². The first-order valence-corrected chi connectivity index (χ1v) is 9.38. The van der Waals surface area contributed by atoms with Crippen molar-refractivity contribution < 1.29 is 24.6 Å². The van der Waals surface area contributed by atoms with Crippen molar-refractivity contribution in [3.8, 4) is 0 Å². The summed E-state index contributed by atoms with van der Waals surface area (Å²) in [6.07, 6.45) is -0.727. The maximum absolute atomic E-state index is 13.8. The predicted octanol–water partition coefficient (Wildman–Crippen LogP) is 3.07. The highest BCUT2D eigenvalue weighted by Gasteiger charge is 2.45. The second kappa shape index (κ2) is 9.05. The Morgan fingerprint density at radius 1 is 0.700 bits per heavy atom. The molecule has 6 heteroatoms. The number of hydrogen-bond acceptors (Lipinski definition) is 3. The number of aliphatic carboxylic acids is 2. The standard InChI is InChI=1S/C24H21NO5/c26-21(27)16-20(22(28)29)25-23(30)24(17-10-4-1-5-11-17,18-12-6-2-7-13-18)19-14-8-3-9-15-19/h1-15,20H,16H2,(H,25,30)(H,26,27)(H,28,29)/t20-/m0/s1. The van der Waals surface area contributed by atoms with Gasteiger partial charge in [-0.05, 0) is 16.7 Å². The zero-order valence-electron chi connectivity index (χ0n) is 16.1. The Bertz CT molecular complexity index is 923. The van der Waals surface area contributed by atoms with Crippen molar-refractivity contribution in [3.05, 3.63) is 108 Å². The summed E-state index contributed by atoms with van der Waals surface area (Å²) in [5, 5.41) is 21.0. The Morgan fingerprint density at radius 3 is 1.37 bits per heavy atom. The highest BCUT2D eigenvalue weighted by Crippen LogP contribution is 2.39. The Balaban J connectivity index is 2.24. The Kier molecular flexibility index (Phi) is 6.27. The number of benzene rings is 3. The molecule has 0 bridgehead atoms. The van der Waals surface area contributed by atoms with Gasteiger partial charge in [0.15, 0.2) is 0 Å². The van der Waals surface area contributed by atoms with Crippen molar-refractivity contribution in [1.29, 1.82) is 0 Å². The van der Waals surface area contributed by atoms with Crippen LogP contribution >= 0.6 is 0 Å². The molecule has 30 heavy (non-hydrogen) atoms. The molecule has 3 aromatic rings. The number of carboxylic acids is 2. The van der Waals surface area contributed by atoms with Crippen LogP contribution in [0.5, 0.6) is 0 Å². The summed E-state index contributed by atoms with van der Waals surface area (Å²) in [5.74, 6) is -3.33. The van der Waals surface area contributed by atoms with E-state index in [1.54, 1.807) is 72.8 Å². The molecule has 0 aromatic heterocycles. The first-order valence-electron chi connectivity index (χ1n) is 9.38. The third-order valence-electron chi connectivity index (χ3n) is 4.94. The maximum atomic E-state index is 13.8. The molecule has 1 atom stereocenters. The van der Waals surface area contributed by atoms with Gasteiger partial charge in [0.2, 0.25) is 5.91 Å². The molecule has 0 aliphatic rings. The summed E-state index contributed by atoms with van der Waals surface area (Å²) in [6, 6.07) is 25.5. The van der Waals surface area contributed by atoms with E-state index < -0.39 is 35.7 Å². The van der Waals surface area contributed by atoms with Crippen molar-refractivity contribution in [2.45, 2.75) is 17.9 Å². The monoisotopic (exact) mass is 403 g/mol. The summed E-state index contributed by atoms with van der Waals surface area (Å²) >= 11 is 0. The molecule has 0 saturated heterocycles. The lowest BCUT2D eigenvalue weighted by molar-refractivity contribution is -0.147. The third kappa shape index (κ3) is 4.07. The van der Waals surface area contributed by atoms with E-state index in [0.717, 1.165) is 0 Å². The summed E-state index contributed by atoms with van der Waals surface area (Å²) in [7, 11) is 0. The van der Waals surface area contributed by atoms with Crippen LogP contribution in [0.25, 0.3) is 0 Å². The molecule has 152 valence electrons. The van der Waals surface area contributed by atoms with Crippen molar-refractivity contribution in [2.24, 2.45) is 0 Å².